The average molecular weight is 308 g/mol. The summed E-state index contributed by atoms with van der Waals surface area (Å²) < 4.78 is 11.5. The second-order valence-electron chi connectivity index (χ2n) is 5.79. The zero-order chi connectivity index (χ0) is 16.2. The van der Waals surface area contributed by atoms with Crippen LogP contribution in [0.4, 0.5) is 0 Å². The van der Waals surface area contributed by atoms with Crippen LogP contribution in [0.3, 0.4) is 0 Å². The Balaban J connectivity index is 1.60. The molecule has 0 N–H and O–H groups in total. The average Bonchev–Trinajstić information content (AvgIpc) is 2.96. The Bertz CT molecular complexity index is 771. The molecule has 0 radical (unpaired) electrons. The molecule has 0 fully saturated rings. The highest BCUT2D eigenvalue weighted by Gasteiger charge is 2.08. The number of rotatable bonds is 5. The third kappa shape index (κ3) is 3.97. The molecule has 0 aliphatic carbocycles. The van der Waals surface area contributed by atoms with Crippen molar-refractivity contribution in [1.29, 1.82) is 0 Å². The maximum Gasteiger partial charge on any atom is 0.247 e. The van der Waals surface area contributed by atoms with E-state index in [2.05, 4.69) is 30.1 Å². The molecule has 4 nitrogen and oxygen atoms in total. The van der Waals surface area contributed by atoms with Crippen LogP contribution in [-0.2, 0) is 6.42 Å². The molecule has 3 aromatic rings. The summed E-state index contributed by atoms with van der Waals surface area (Å²) in [5.74, 6) is 2.01. The van der Waals surface area contributed by atoms with Gasteiger partial charge >= 0.3 is 0 Å². The second kappa shape index (κ2) is 6.65. The monoisotopic (exact) mass is 308 g/mol. The van der Waals surface area contributed by atoms with Gasteiger partial charge in [-0.2, -0.15) is 0 Å². The van der Waals surface area contributed by atoms with E-state index in [1.807, 2.05) is 43.3 Å². The first kappa shape index (κ1) is 15.3. The molecule has 0 atom stereocenters. The van der Waals surface area contributed by atoms with Crippen LogP contribution in [0.25, 0.3) is 11.5 Å². The summed E-state index contributed by atoms with van der Waals surface area (Å²) in [6, 6.07) is 14.2. The first-order valence-corrected chi connectivity index (χ1v) is 7.71. The van der Waals surface area contributed by atoms with E-state index in [4.69, 9.17) is 9.15 Å². The van der Waals surface area contributed by atoms with Gasteiger partial charge in [0, 0.05) is 5.56 Å². The van der Waals surface area contributed by atoms with Gasteiger partial charge in [-0.25, -0.2) is 0 Å². The minimum absolute atomic E-state index is 0.512. The lowest BCUT2D eigenvalue weighted by Crippen LogP contribution is -2.02. The van der Waals surface area contributed by atoms with Crippen LogP contribution in [0.15, 0.2) is 46.9 Å². The quantitative estimate of drug-likeness (QED) is 0.705. The zero-order valence-corrected chi connectivity index (χ0v) is 13.7. The van der Waals surface area contributed by atoms with Gasteiger partial charge in [0.25, 0.3) is 0 Å². The van der Waals surface area contributed by atoms with Crippen LogP contribution in [-0.4, -0.2) is 16.8 Å². The number of nitrogens with zero attached hydrogens (tertiary/aromatic N) is 2. The largest absolute Gasteiger partial charge is 0.493 e. The molecule has 0 amide bonds. The maximum atomic E-state index is 5.77. The van der Waals surface area contributed by atoms with E-state index < -0.39 is 0 Å². The molecule has 118 valence electrons. The van der Waals surface area contributed by atoms with Crippen molar-refractivity contribution in [3.8, 4) is 17.2 Å². The lowest BCUT2D eigenvalue weighted by Gasteiger charge is -2.06. The second-order valence-corrected chi connectivity index (χ2v) is 5.79. The minimum atomic E-state index is 0.512. The minimum Gasteiger partial charge on any atom is -0.493 e. The Kier molecular flexibility index (Phi) is 4.42. The molecule has 0 unspecified atom stereocenters. The van der Waals surface area contributed by atoms with Gasteiger partial charge in [0.05, 0.1) is 13.0 Å². The summed E-state index contributed by atoms with van der Waals surface area (Å²) in [6.45, 7) is 6.68. The standard InChI is InChI=1S/C19H20N2O2/c1-13-4-6-16(7-5-13)19-21-20-18(23-19)8-9-22-17-11-14(2)10-15(3)12-17/h4-7,10-12H,8-9H2,1-3H3. The summed E-state index contributed by atoms with van der Waals surface area (Å²) in [5.41, 5.74) is 4.53. The summed E-state index contributed by atoms with van der Waals surface area (Å²) in [4.78, 5) is 0. The predicted octanol–water partition coefficient (Wildman–Crippen LogP) is 4.28. The van der Waals surface area contributed by atoms with Crippen LogP contribution >= 0.6 is 0 Å². The smallest absolute Gasteiger partial charge is 0.247 e. The lowest BCUT2D eigenvalue weighted by atomic mass is 10.1. The van der Waals surface area contributed by atoms with E-state index in [0.29, 0.717) is 24.8 Å². The highest BCUT2D eigenvalue weighted by Crippen LogP contribution is 2.19. The highest BCUT2D eigenvalue weighted by atomic mass is 16.5. The van der Waals surface area contributed by atoms with E-state index in [1.54, 1.807) is 0 Å². The Labute approximate surface area is 136 Å². The van der Waals surface area contributed by atoms with E-state index in [1.165, 1.54) is 16.7 Å². The first-order chi connectivity index (χ1) is 11.1. The van der Waals surface area contributed by atoms with Gasteiger partial charge < -0.3 is 9.15 Å². The third-order valence-corrected chi connectivity index (χ3v) is 3.55. The van der Waals surface area contributed by atoms with Gasteiger partial charge in [-0.1, -0.05) is 23.8 Å². The molecule has 1 aromatic heterocycles. The van der Waals surface area contributed by atoms with Gasteiger partial charge in [0.2, 0.25) is 11.8 Å². The molecule has 0 bridgehead atoms. The van der Waals surface area contributed by atoms with Gasteiger partial charge in [0.15, 0.2) is 0 Å². The molecule has 23 heavy (non-hydrogen) atoms. The molecular weight excluding hydrogens is 288 g/mol. The van der Waals surface area contributed by atoms with E-state index >= 15 is 0 Å². The first-order valence-electron chi connectivity index (χ1n) is 7.71. The van der Waals surface area contributed by atoms with Gasteiger partial charge in [0.1, 0.15) is 5.75 Å². The number of hydrogen-bond acceptors (Lipinski definition) is 4. The Morgan fingerprint density at radius 2 is 1.57 bits per heavy atom. The number of hydrogen-bond donors (Lipinski definition) is 0. The lowest BCUT2D eigenvalue weighted by molar-refractivity contribution is 0.306. The van der Waals surface area contributed by atoms with Crippen molar-refractivity contribution in [2.45, 2.75) is 27.2 Å². The van der Waals surface area contributed by atoms with Crippen molar-refractivity contribution in [3.63, 3.8) is 0 Å². The van der Waals surface area contributed by atoms with E-state index in [9.17, 15) is 0 Å². The van der Waals surface area contributed by atoms with Crippen LogP contribution in [0, 0.1) is 20.8 Å². The topological polar surface area (TPSA) is 48.2 Å². The van der Waals surface area contributed by atoms with Crippen LogP contribution < -0.4 is 4.74 Å². The van der Waals surface area contributed by atoms with Crippen molar-refractivity contribution in [3.05, 3.63) is 65.0 Å². The van der Waals surface area contributed by atoms with Crippen molar-refractivity contribution < 1.29 is 9.15 Å². The number of aromatic nitrogens is 2. The fourth-order valence-electron chi connectivity index (χ4n) is 2.44. The number of benzene rings is 2. The molecule has 0 saturated carbocycles. The van der Waals surface area contributed by atoms with Crippen LogP contribution in [0.2, 0.25) is 0 Å². The van der Waals surface area contributed by atoms with Crippen LogP contribution in [0.1, 0.15) is 22.6 Å². The predicted molar refractivity (Wildman–Crippen MR) is 89.6 cm³/mol. The molecule has 4 heteroatoms. The Morgan fingerprint density at radius 3 is 2.26 bits per heavy atom. The van der Waals surface area contributed by atoms with Gasteiger partial charge in [-0.05, 0) is 56.2 Å². The van der Waals surface area contributed by atoms with Crippen molar-refractivity contribution in [1.82, 2.24) is 10.2 Å². The maximum absolute atomic E-state index is 5.77. The summed E-state index contributed by atoms with van der Waals surface area (Å²) in [5, 5.41) is 8.18. The summed E-state index contributed by atoms with van der Waals surface area (Å²) in [7, 11) is 0. The normalized spacial score (nSPS) is 10.7. The third-order valence-electron chi connectivity index (χ3n) is 3.55. The van der Waals surface area contributed by atoms with Gasteiger partial charge in [-0.15, -0.1) is 10.2 Å². The molecule has 2 aromatic carbocycles. The van der Waals surface area contributed by atoms with Crippen molar-refractivity contribution in [2.75, 3.05) is 6.61 Å². The molecule has 0 spiro atoms. The summed E-state index contributed by atoms with van der Waals surface area (Å²) >= 11 is 0. The van der Waals surface area contributed by atoms with Crippen molar-refractivity contribution in [2.24, 2.45) is 0 Å². The number of ether oxygens (including phenoxy) is 1. The molecule has 0 aliphatic heterocycles. The zero-order valence-electron chi connectivity index (χ0n) is 13.7. The van der Waals surface area contributed by atoms with Gasteiger partial charge in [-0.3, -0.25) is 0 Å². The molecular formula is C19H20N2O2. The molecule has 3 rings (SSSR count). The van der Waals surface area contributed by atoms with Crippen LogP contribution in [0.5, 0.6) is 5.75 Å². The molecule has 1 heterocycles. The molecule has 0 saturated heterocycles. The Morgan fingerprint density at radius 1 is 0.870 bits per heavy atom. The fraction of sp³-hybridized carbons (Fsp3) is 0.263. The SMILES string of the molecule is Cc1ccc(-c2nnc(CCOc3cc(C)cc(C)c3)o2)cc1. The summed E-state index contributed by atoms with van der Waals surface area (Å²) in [6.07, 6.45) is 0.589. The Hall–Kier alpha value is -2.62. The fourth-order valence-corrected chi connectivity index (χ4v) is 2.44. The molecule has 0 aliphatic rings. The van der Waals surface area contributed by atoms with E-state index in [-0.39, 0.29) is 0 Å². The van der Waals surface area contributed by atoms with Crippen molar-refractivity contribution >= 4 is 0 Å². The highest BCUT2D eigenvalue weighted by molar-refractivity contribution is 5.52. The van der Waals surface area contributed by atoms with E-state index in [0.717, 1.165) is 11.3 Å². The number of aryl methyl sites for hydroxylation is 3.